The van der Waals surface area contributed by atoms with Crippen LogP contribution in [0.25, 0.3) is 0 Å². The smallest absolute Gasteiger partial charge is 0.240 e. The van der Waals surface area contributed by atoms with Crippen molar-refractivity contribution >= 4 is 67.7 Å². The van der Waals surface area contributed by atoms with E-state index < -0.39 is 5.25 Å². The molecule has 1 fully saturated rings. The highest BCUT2D eigenvalue weighted by Gasteiger charge is 2.32. The molecule has 9 heteroatoms. The lowest BCUT2D eigenvalue weighted by Gasteiger charge is -2.08. The van der Waals surface area contributed by atoms with Crippen LogP contribution in [0.5, 0.6) is 0 Å². The van der Waals surface area contributed by atoms with Crippen LogP contribution in [0.3, 0.4) is 0 Å². The van der Waals surface area contributed by atoms with Crippen LogP contribution in [-0.4, -0.2) is 27.9 Å². The predicted octanol–water partition coefficient (Wildman–Crippen LogP) is 4.44. The van der Waals surface area contributed by atoms with Gasteiger partial charge in [0.2, 0.25) is 11.8 Å². The molecule has 0 saturated carbocycles. The van der Waals surface area contributed by atoms with Gasteiger partial charge in [-0.1, -0.05) is 47.6 Å². The molecule has 144 valence electrons. The quantitative estimate of drug-likeness (QED) is 0.491. The van der Waals surface area contributed by atoms with Crippen LogP contribution in [0.1, 0.15) is 18.9 Å². The highest BCUT2D eigenvalue weighted by Crippen LogP contribution is 2.25. The summed E-state index contributed by atoms with van der Waals surface area (Å²) in [6, 6.07) is 14.5. The van der Waals surface area contributed by atoms with Gasteiger partial charge >= 0.3 is 0 Å². The first-order valence-electron chi connectivity index (χ1n) is 8.32. The Bertz CT molecular complexity index is 963. The molecule has 28 heavy (non-hydrogen) atoms. The van der Waals surface area contributed by atoms with Crippen LogP contribution in [0.4, 0.5) is 5.69 Å². The fourth-order valence-electron chi connectivity index (χ4n) is 2.39. The molecule has 0 aromatic heterocycles. The van der Waals surface area contributed by atoms with E-state index in [-0.39, 0.29) is 18.2 Å². The Balaban J connectivity index is 1.60. The van der Waals surface area contributed by atoms with Gasteiger partial charge in [-0.2, -0.15) is 5.10 Å². The van der Waals surface area contributed by atoms with E-state index in [1.807, 2.05) is 37.3 Å². The summed E-state index contributed by atoms with van der Waals surface area (Å²) in [6.07, 6.45) is 0.0384. The Morgan fingerprint density at radius 1 is 1.25 bits per heavy atom. The average molecular weight is 480 g/mol. The van der Waals surface area contributed by atoms with Crippen molar-refractivity contribution in [3.8, 4) is 0 Å². The molecule has 0 spiro atoms. The molecule has 3 rings (SSSR count). The van der Waals surface area contributed by atoms with E-state index in [1.165, 1.54) is 11.8 Å². The third kappa shape index (κ3) is 5.43. The maximum Gasteiger partial charge on any atom is 0.240 e. The van der Waals surface area contributed by atoms with Gasteiger partial charge in [0, 0.05) is 15.9 Å². The van der Waals surface area contributed by atoms with Gasteiger partial charge in [-0.3, -0.25) is 9.59 Å². The summed E-state index contributed by atoms with van der Waals surface area (Å²) in [6.45, 7) is 1.82. The number of hydrogen-bond donors (Lipinski definition) is 2. The van der Waals surface area contributed by atoms with Gasteiger partial charge in [-0.15, -0.1) is 5.10 Å². The normalized spacial score (nSPS) is 18.2. The molecule has 6 nitrogen and oxygen atoms in total. The molecule has 2 aromatic carbocycles. The minimum Gasteiger partial charge on any atom is -0.325 e. The van der Waals surface area contributed by atoms with Gasteiger partial charge in [-0.25, -0.2) is 0 Å². The second-order valence-electron chi connectivity index (χ2n) is 5.93. The molecular formula is C19H16BrClN4O2S. The summed E-state index contributed by atoms with van der Waals surface area (Å²) in [4.78, 5) is 24.4. The lowest BCUT2D eigenvalue weighted by atomic mass is 10.1. The minimum absolute atomic E-state index is 0.0384. The van der Waals surface area contributed by atoms with E-state index in [4.69, 9.17) is 11.6 Å². The van der Waals surface area contributed by atoms with Crippen molar-refractivity contribution in [1.29, 1.82) is 0 Å². The number of carbonyl (C=O) groups is 2. The molecule has 2 N–H and O–H groups in total. The molecular weight excluding hydrogens is 464 g/mol. The first-order chi connectivity index (χ1) is 13.4. The summed E-state index contributed by atoms with van der Waals surface area (Å²) in [5.74, 6) is -0.507. The van der Waals surface area contributed by atoms with Crippen LogP contribution in [0.15, 0.2) is 63.2 Å². The highest BCUT2D eigenvalue weighted by atomic mass is 79.9. The van der Waals surface area contributed by atoms with E-state index >= 15 is 0 Å². The summed E-state index contributed by atoms with van der Waals surface area (Å²) in [7, 11) is 0. The number of amidine groups is 1. The van der Waals surface area contributed by atoms with E-state index in [9.17, 15) is 9.59 Å². The number of anilines is 1. The molecule has 1 heterocycles. The second-order valence-corrected chi connectivity index (χ2v) is 8.41. The molecule has 0 bridgehead atoms. The molecule has 0 unspecified atom stereocenters. The highest BCUT2D eigenvalue weighted by molar-refractivity contribution is 9.10. The van der Waals surface area contributed by atoms with E-state index in [2.05, 4.69) is 36.8 Å². The zero-order valence-corrected chi connectivity index (χ0v) is 17.9. The van der Waals surface area contributed by atoms with Crippen molar-refractivity contribution in [2.24, 2.45) is 10.2 Å². The fraction of sp³-hybridized carbons (Fsp3) is 0.158. The van der Waals surface area contributed by atoms with Crippen LogP contribution in [0, 0.1) is 0 Å². The standard InChI is InChI=1S/C19H16BrClN4O2S/c1-11(12-6-8-13(21)9-7-12)24-25-19-23-18(27)16(28-19)10-17(26)22-15-5-3-2-4-14(15)20/h2-9,16H,10H2,1H3,(H,22,26)(H,23,25,27)/b24-11-/t16-/m1/s1. The predicted molar refractivity (Wildman–Crippen MR) is 118 cm³/mol. The molecule has 0 aliphatic carbocycles. The van der Waals surface area contributed by atoms with Crippen molar-refractivity contribution in [3.63, 3.8) is 0 Å². The van der Waals surface area contributed by atoms with Gasteiger partial charge in [0.05, 0.1) is 11.4 Å². The van der Waals surface area contributed by atoms with Crippen molar-refractivity contribution in [2.45, 2.75) is 18.6 Å². The summed E-state index contributed by atoms with van der Waals surface area (Å²) < 4.78 is 0.779. The number of rotatable bonds is 5. The summed E-state index contributed by atoms with van der Waals surface area (Å²) >= 11 is 10.4. The molecule has 0 radical (unpaired) electrons. The molecule has 1 saturated heterocycles. The average Bonchev–Trinajstić information content (AvgIpc) is 3.01. The number of nitrogens with zero attached hydrogens (tertiary/aromatic N) is 2. The van der Waals surface area contributed by atoms with Crippen LogP contribution in [-0.2, 0) is 9.59 Å². The van der Waals surface area contributed by atoms with Crippen molar-refractivity contribution in [2.75, 3.05) is 5.32 Å². The Morgan fingerprint density at radius 3 is 2.68 bits per heavy atom. The number of carbonyl (C=O) groups excluding carboxylic acids is 2. The Kier molecular flexibility index (Phi) is 6.88. The van der Waals surface area contributed by atoms with Crippen molar-refractivity contribution < 1.29 is 9.59 Å². The van der Waals surface area contributed by atoms with Gasteiger partial charge in [0.25, 0.3) is 0 Å². The van der Waals surface area contributed by atoms with Crippen molar-refractivity contribution in [1.82, 2.24) is 5.32 Å². The van der Waals surface area contributed by atoms with E-state index in [1.54, 1.807) is 18.2 Å². The largest absolute Gasteiger partial charge is 0.325 e. The van der Waals surface area contributed by atoms with E-state index in [0.29, 0.717) is 21.6 Å². The SMILES string of the molecule is C/C(=N/N=C1\NC(=O)[C@@H](CC(=O)Nc2ccccc2Br)S1)c1ccc(Cl)cc1. The lowest BCUT2D eigenvalue weighted by molar-refractivity contribution is -0.122. The second kappa shape index (κ2) is 9.36. The molecule has 2 aromatic rings. The molecule has 1 aliphatic rings. The monoisotopic (exact) mass is 478 g/mol. The van der Waals surface area contributed by atoms with E-state index in [0.717, 1.165) is 10.0 Å². The number of thioether (sulfide) groups is 1. The van der Waals surface area contributed by atoms with Gasteiger partial charge in [-0.05, 0) is 52.7 Å². The first kappa shape index (κ1) is 20.6. The number of halogens is 2. The minimum atomic E-state index is -0.549. The third-order valence-electron chi connectivity index (χ3n) is 3.85. The van der Waals surface area contributed by atoms with Gasteiger partial charge in [0.1, 0.15) is 5.25 Å². The number of nitrogens with one attached hydrogen (secondary N) is 2. The molecule has 1 atom stereocenters. The Hall–Kier alpha value is -2.16. The van der Waals surface area contributed by atoms with Gasteiger partial charge in [0.15, 0.2) is 5.17 Å². The number of amides is 2. The Morgan fingerprint density at radius 2 is 1.96 bits per heavy atom. The number of hydrogen-bond acceptors (Lipinski definition) is 5. The van der Waals surface area contributed by atoms with Crippen LogP contribution < -0.4 is 10.6 Å². The molecule has 1 aliphatic heterocycles. The number of para-hydroxylation sites is 1. The summed E-state index contributed by atoms with van der Waals surface area (Å²) in [5, 5.41) is 14.2. The fourth-order valence-corrected chi connectivity index (χ4v) is 3.82. The number of benzene rings is 2. The van der Waals surface area contributed by atoms with Crippen LogP contribution in [0.2, 0.25) is 5.02 Å². The zero-order chi connectivity index (χ0) is 20.1. The zero-order valence-electron chi connectivity index (χ0n) is 14.8. The van der Waals surface area contributed by atoms with Crippen LogP contribution >= 0.6 is 39.3 Å². The maximum atomic E-state index is 12.2. The topological polar surface area (TPSA) is 82.9 Å². The summed E-state index contributed by atoms with van der Waals surface area (Å²) in [5.41, 5.74) is 2.23. The van der Waals surface area contributed by atoms with Gasteiger partial charge < -0.3 is 10.6 Å². The lowest BCUT2D eigenvalue weighted by Crippen LogP contribution is -2.28. The first-order valence-corrected chi connectivity index (χ1v) is 10.4. The molecule has 2 amide bonds. The third-order valence-corrected chi connectivity index (χ3v) is 5.86. The Labute approximate surface area is 180 Å². The van der Waals surface area contributed by atoms with Crippen molar-refractivity contribution in [3.05, 3.63) is 63.6 Å². The maximum absolute atomic E-state index is 12.2.